The molecule has 0 aliphatic carbocycles. The molecule has 0 bridgehead atoms. The van der Waals surface area contributed by atoms with E-state index >= 15 is 0 Å². The Kier molecular flexibility index (Phi) is 3.13. The van der Waals surface area contributed by atoms with Crippen molar-refractivity contribution in [3.05, 3.63) is 0 Å². The molecule has 68 valence electrons. The number of hydrogen-bond acceptors (Lipinski definition) is 2. The normalized spacial score (nSPS) is 29.2. The Balaban J connectivity index is 2.34. The Hall–Kier alpha value is -0.520. The third-order valence-electron chi connectivity index (χ3n) is 2.47. The predicted octanol–water partition coefficient (Wildman–Crippen LogP) is 0.551. The lowest BCUT2D eigenvalue weighted by atomic mass is 9.89. The summed E-state index contributed by atoms with van der Waals surface area (Å²) in [5.74, 6) is 2.66. The van der Waals surface area contributed by atoms with Gasteiger partial charge in [0.05, 0.1) is 6.54 Å². The third kappa shape index (κ3) is 2.51. The minimum absolute atomic E-state index is 0.436. The van der Waals surface area contributed by atoms with Gasteiger partial charge in [-0.2, -0.15) is 0 Å². The fraction of sp³-hybridized carbons (Fsp3) is 0.800. The Morgan fingerprint density at radius 2 is 2.42 bits per heavy atom. The summed E-state index contributed by atoms with van der Waals surface area (Å²) >= 11 is 0. The van der Waals surface area contributed by atoms with E-state index in [-0.39, 0.29) is 0 Å². The zero-order valence-electron chi connectivity index (χ0n) is 8.06. The van der Waals surface area contributed by atoms with Crippen LogP contribution >= 0.6 is 0 Å². The van der Waals surface area contributed by atoms with E-state index in [0.717, 1.165) is 26.2 Å². The maximum atomic E-state index is 5.24. The number of nitrogens with one attached hydrogen (secondary N) is 1. The summed E-state index contributed by atoms with van der Waals surface area (Å²) in [4.78, 5) is 2.22. The van der Waals surface area contributed by atoms with Crippen molar-refractivity contribution in [1.29, 1.82) is 0 Å². The molecule has 0 aromatic carbocycles. The molecular formula is C10H18N2. The maximum absolute atomic E-state index is 5.24. The van der Waals surface area contributed by atoms with E-state index < -0.39 is 0 Å². The molecule has 12 heavy (non-hydrogen) atoms. The van der Waals surface area contributed by atoms with E-state index in [2.05, 4.69) is 30.1 Å². The second kappa shape index (κ2) is 3.93. The second-order valence-electron chi connectivity index (χ2n) is 4.11. The molecule has 0 radical (unpaired) electrons. The van der Waals surface area contributed by atoms with E-state index in [1.165, 1.54) is 6.42 Å². The molecule has 0 aromatic heterocycles. The fourth-order valence-corrected chi connectivity index (χ4v) is 1.87. The van der Waals surface area contributed by atoms with Crippen molar-refractivity contribution in [3.63, 3.8) is 0 Å². The Morgan fingerprint density at radius 1 is 1.67 bits per heavy atom. The Labute approximate surface area is 75.3 Å². The molecule has 1 heterocycles. The summed E-state index contributed by atoms with van der Waals surface area (Å²) in [5, 5.41) is 3.38. The van der Waals surface area contributed by atoms with Gasteiger partial charge in [0.15, 0.2) is 0 Å². The van der Waals surface area contributed by atoms with Crippen molar-refractivity contribution >= 4 is 0 Å². The van der Waals surface area contributed by atoms with Crippen LogP contribution in [0.25, 0.3) is 0 Å². The second-order valence-corrected chi connectivity index (χ2v) is 4.11. The molecule has 1 aliphatic rings. The van der Waals surface area contributed by atoms with Crippen LogP contribution in [0.2, 0.25) is 0 Å². The summed E-state index contributed by atoms with van der Waals surface area (Å²) in [5.41, 5.74) is 0.436. The third-order valence-corrected chi connectivity index (χ3v) is 2.47. The minimum atomic E-state index is 0.436. The highest BCUT2D eigenvalue weighted by Crippen LogP contribution is 2.24. The highest BCUT2D eigenvalue weighted by Gasteiger charge is 2.29. The molecular weight excluding hydrogens is 148 g/mol. The first-order valence-electron chi connectivity index (χ1n) is 4.49. The molecule has 1 fully saturated rings. The number of hydrogen-bond donors (Lipinski definition) is 1. The molecule has 2 nitrogen and oxygen atoms in total. The van der Waals surface area contributed by atoms with Crippen molar-refractivity contribution in [2.45, 2.75) is 13.3 Å². The SMILES string of the molecule is C#CCN(C)CC1(C)CCNC1. The summed E-state index contributed by atoms with van der Waals surface area (Å²) in [7, 11) is 2.09. The summed E-state index contributed by atoms with van der Waals surface area (Å²) < 4.78 is 0. The number of terminal acetylenes is 1. The average Bonchev–Trinajstić information content (AvgIpc) is 2.36. The van der Waals surface area contributed by atoms with Gasteiger partial charge in [-0.05, 0) is 25.4 Å². The smallest absolute Gasteiger partial charge is 0.0596 e. The van der Waals surface area contributed by atoms with Gasteiger partial charge in [0.25, 0.3) is 0 Å². The first-order valence-corrected chi connectivity index (χ1v) is 4.49. The van der Waals surface area contributed by atoms with Gasteiger partial charge in [-0.3, -0.25) is 4.90 Å². The Morgan fingerprint density at radius 3 is 2.92 bits per heavy atom. The van der Waals surface area contributed by atoms with Crippen molar-refractivity contribution in [3.8, 4) is 12.3 Å². The lowest BCUT2D eigenvalue weighted by Gasteiger charge is -2.27. The quantitative estimate of drug-likeness (QED) is 0.616. The van der Waals surface area contributed by atoms with E-state index in [4.69, 9.17) is 6.42 Å². The summed E-state index contributed by atoms with van der Waals surface area (Å²) in [6, 6.07) is 0. The molecule has 0 spiro atoms. The maximum Gasteiger partial charge on any atom is 0.0596 e. The van der Waals surface area contributed by atoms with Crippen LogP contribution < -0.4 is 5.32 Å². The van der Waals surface area contributed by atoms with E-state index in [1.807, 2.05) is 0 Å². The van der Waals surface area contributed by atoms with Crippen LogP contribution in [0.15, 0.2) is 0 Å². The molecule has 1 rings (SSSR count). The number of nitrogens with zero attached hydrogens (tertiary/aromatic N) is 1. The van der Waals surface area contributed by atoms with Gasteiger partial charge in [0.1, 0.15) is 0 Å². The van der Waals surface area contributed by atoms with E-state index in [0.29, 0.717) is 5.41 Å². The van der Waals surface area contributed by atoms with Crippen molar-refractivity contribution in [2.75, 3.05) is 33.2 Å². The monoisotopic (exact) mass is 166 g/mol. The van der Waals surface area contributed by atoms with Gasteiger partial charge in [-0.25, -0.2) is 0 Å². The van der Waals surface area contributed by atoms with Gasteiger partial charge in [-0.15, -0.1) is 6.42 Å². The van der Waals surface area contributed by atoms with Crippen molar-refractivity contribution < 1.29 is 0 Å². The first-order chi connectivity index (χ1) is 5.66. The lowest BCUT2D eigenvalue weighted by Crippen LogP contribution is -2.35. The number of rotatable bonds is 3. The summed E-state index contributed by atoms with van der Waals surface area (Å²) in [6.45, 7) is 6.46. The summed E-state index contributed by atoms with van der Waals surface area (Å²) in [6.07, 6.45) is 6.51. The van der Waals surface area contributed by atoms with Crippen LogP contribution in [0, 0.1) is 17.8 Å². The molecule has 2 heteroatoms. The first kappa shape index (κ1) is 9.57. The van der Waals surface area contributed by atoms with E-state index in [9.17, 15) is 0 Å². The predicted molar refractivity (Wildman–Crippen MR) is 51.9 cm³/mol. The molecule has 0 aromatic rings. The standard InChI is InChI=1S/C10H18N2/c1-4-7-12(3)9-10(2)5-6-11-8-10/h1,11H,5-9H2,2-3H3. The van der Waals surface area contributed by atoms with Crippen LogP contribution in [0.4, 0.5) is 0 Å². The fourth-order valence-electron chi connectivity index (χ4n) is 1.87. The van der Waals surface area contributed by atoms with Gasteiger partial charge in [0.2, 0.25) is 0 Å². The average molecular weight is 166 g/mol. The van der Waals surface area contributed by atoms with Crippen LogP contribution in [0.5, 0.6) is 0 Å². The minimum Gasteiger partial charge on any atom is -0.316 e. The molecule has 1 N–H and O–H groups in total. The Bertz CT molecular complexity index is 175. The van der Waals surface area contributed by atoms with Crippen LogP contribution in [0.3, 0.4) is 0 Å². The zero-order chi connectivity index (χ0) is 9.03. The van der Waals surface area contributed by atoms with Crippen LogP contribution in [-0.4, -0.2) is 38.1 Å². The topological polar surface area (TPSA) is 15.3 Å². The largest absolute Gasteiger partial charge is 0.316 e. The molecule has 1 unspecified atom stereocenters. The highest BCUT2D eigenvalue weighted by atomic mass is 15.1. The van der Waals surface area contributed by atoms with Gasteiger partial charge in [-0.1, -0.05) is 12.8 Å². The van der Waals surface area contributed by atoms with Gasteiger partial charge in [0, 0.05) is 13.1 Å². The zero-order valence-corrected chi connectivity index (χ0v) is 8.06. The van der Waals surface area contributed by atoms with Crippen LogP contribution in [-0.2, 0) is 0 Å². The van der Waals surface area contributed by atoms with Crippen LogP contribution in [0.1, 0.15) is 13.3 Å². The van der Waals surface area contributed by atoms with Gasteiger partial charge < -0.3 is 5.32 Å². The van der Waals surface area contributed by atoms with E-state index in [1.54, 1.807) is 0 Å². The van der Waals surface area contributed by atoms with Crippen molar-refractivity contribution in [2.24, 2.45) is 5.41 Å². The highest BCUT2D eigenvalue weighted by molar-refractivity contribution is 4.91. The molecule has 1 atom stereocenters. The van der Waals surface area contributed by atoms with Gasteiger partial charge >= 0.3 is 0 Å². The molecule has 0 amide bonds. The molecule has 1 aliphatic heterocycles. The molecule has 1 saturated heterocycles. The molecule has 0 saturated carbocycles. The lowest BCUT2D eigenvalue weighted by molar-refractivity contribution is 0.226. The van der Waals surface area contributed by atoms with Crippen molar-refractivity contribution in [1.82, 2.24) is 10.2 Å².